The van der Waals surface area contributed by atoms with E-state index in [-0.39, 0.29) is 18.0 Å². The van der Waals surface area contributed by atoms with Crippen molar-refractivity contribution < 1.29 is 14.3 Å². The zero-order valence-electron chi connectivity index (χ0n) is 15.3. The Morgan fingerprint density at radius 1 is 1.38 bits per heavy atom. The molecule has 0 saturated carbocycles. The standard InChI is InChI=1S/C18H28N2O3S/c1-13-9-11-24-15(13)16(21)19(5)12-14-8-6-7-10-20(14)17(22)23-18(2,3)4/h9,11,14H,6-8,10,12H2,1-5H3. The lowest BCUT2D eigenvalue weighted by atomic mass is 10.0. The Balaban J connectivity index is 2.04. The van der Waals surface area contributed by atoms with E-state index in [1.807, 2.05) is 46.2 Å². The summed E-state index contributed by atoms with van der Waals surface area (Å²) >= 11 is 1.47. The highest BCUT2D eigenvalue weighted by atomic mass is 32.1. The molecule has 134 valence electrons. The van der Waals surface area contributed by atoms with Crippen molar-refractivity contribution in [3.63, 3.8) is 0 Å². The molecule has 1 aliphatic heterocycles. The molecule has 1 aromatic rings. The van der Waals surface area contributed by atoms with E-state index >= 15 is 0 Å². The quantitative estimate of drug-likeness (QED) is 0.828. The summed E-state index contributed by atoms with van der Waals surface area (Å²) < 4.78 is 5.53. The molecule has 1 aromatic heterocycles. The molecule has 5 nitrogen and oxygen atoms in total. The number of carbonyl (C=O) groups is 2. The third kappa shape index (κ3) is 4.72. The predicted octanol–water partition coefficient (Wildman–Crippen LogP) is 3.92. The predicted molar refractivity (Wildman–Crippen MR) is 96.6 cm³/mol. The lowest BCUT2D eigenvalue weighted by Gasteiger charge is -2.38. The number of likely N-dealkylation sites (N-methyl/N-ethyl adjacent to an activating group) is 1. The first-order chi connectivity index (χ1) is 11.2. The zero-order chi connectivity index (χ0) is 17.9. The number of piperidine rings is 1. The van der Waals surface area contributed by atoms with Crippen LogP contribution in [0.15, 0.2) is 11.4 Å². The molecule has 2 heterocycles. The molecule has 2 rings (SSSR count). The summed E-state index contributed by atoms with van der Waals surface area (Å²) in [5, 5.41) is 1.93. The number of carbonyl (C=O) groups excluding carboxylic acids is 2. The minimum Gasteiger partial charge on any atom is -0.444 e. The highest BCUT2D eigenvalue weighted by Crippen LogP contribution is 2.23. The molecule has 0 bridgehead atoms. The smallest absolute Gasteiger partial charge is 0.410 e. The van der Waals surface area contributed by atoms with E-state index in [0.29, 0.717) is 13.1 Å². The normalized spacial score (nSPS) is 18.4. The summed E-state index contributed by atoms with van der Waals surface area (Å²) in [7, 11) is 1.81. The number of amides is 2. The van der Waals surface area contributed by atoms with E-state index in [1.54, 1.807) is 9.80 Å². The molecule has 0 aliphatic carbocycles. The van der Waals surface area contributed by atoms with Gasteiger partial charge in [0.05, 0.1) is 10.9 Å². The van der Waals surface area contributed by atoms with Crippen molar-refractivity contribution in [2.75, 3.05) is 20.1 Å². The van der Waals surface area contributed by atoms with Gasteiger partial charge in [-0.15, -0.1) is 11.3 Å². The van der Waals surface area contributed by atoms with Crippen molar-refractivity contribution in [3.8, 4) is 0 Å². The van der Waals surface area contributed by atoms with Gasteiger partial charge < -0.3 is 14.5 Å². The van der Waals surface area contributed by atoms with Crippen LogP contribution in [0.4, 0.5) is 4.79 Å². The van der Waals surface area contributed by atoms with Crippen LogP contribution in [-0.4, -0.2) is 53.6 Å². The molecule has 2 amide bonds. The molecule has 1 saturated heterocycles. The van der Waals surface area contributed by atoms with Gasteiger partial charge in [-0.3, -0.25) is 4.79 Å². The molecule has 1 unspecified atom stereocenters. The number of aryl methyl sites for hydroxylation is 1. The maximum Gasteiger partial charge on any atom is 0.410 e. The number of rotatable bonds is 3. The topological polar surface area (TPSA) is 49.9 Å². The van der Waals surface area contributed by atoms with Crippen LogP contribution in [0.5, 0.6) is 0 Å². The van der Waals surface area contributed by atoms with Crippen molar-refractivity contribution in [2.24, 2.45) is 0 Å². The third-order valence-electron chi connectivity index (χ3n) is 4.14. The zero-order valence-corrected chi connectivity index (χ0v) is 16.1. The van der Waals surface area contributed by atoms with Gasteiger partial charge in [-0.25, -0.2) is 4.79 Å². The first kappa shape index (κ1) is 18.8. The minimum atomic E-state index is -0.505. The minimum absolute atomic E-state index is 0.0165. The van der Waals surface area contributed by atoms with Crippen LogP contribution in [0.1, 0.15) is 55.3 Å². The fraction of sp³-hybridized carbons (Fsp3) is 0.667. The molecule has 0 spiro atoms. The highest BCUT2D eigenvalue weighted by Gasteiger charge is 2.32. The first-order valence-electron chi connectivity index (χ1n) is 8.48. The third-order valence-corrected chi connectivity index (χ3v) is 5.15. The van der Waals surface area contributed by atoms with Gasteiger partial charge in [-0.1, -0.05) is 0 Å². The molecular formula is C18H28N2O3S. The molecule has 0 N–H and O–H groups in total. The van der Waals surface area contributed by atoms with Crippen molar-refractivity contribution in [1.82, 2.24) is 9.80 Å². The molecule has 0 aromatic carbocycles. The average Bonchev–Trinajstić information content (AvgIpc) is 2.91. The van der Waals surface area contributed by atoms with Crippen molar-refractivity contribution in [1.29, 1.82) is 0 Å². The number of hydrogen-bond donors (Lipinski definition) is 0. The Hall–Kier alpha value is -1.56. The van der Waals surface area contributed by atoms with Gasteiger partial charge in [0.15, 0.2) is 0 Å². The molecule has 6 heteroatoms. The first-order valence-corrected chi connectivity index (χ1v) is 9.36. The molecule has 1 aliphatic rings. The van der Waals surface area contributed by atoms with Crippen LogP contribution < -0.4 is 0 Å². The fourth-order valence-corrected chi connectivity index (χ4v) is 3.83. The van der Waals surface area contributed by atoms with Crippen LogP contribution in [0.25, 0.3) is 0 Å². The number of thiophene rings is 1. The maximum absolute atomic E-state index is 12.6. The summed E-state index contributed by atoms with van der Waals surface area (Å²) in [6, 6.07) is 1.97. The van der Waals surface area contributed by atoms with Crippen molar-refractivity contribution in [2.45, 2.75) is 58.6 Å². The Morgan fingerprint density at radius 2 is 2.08 bits per heavy atom. The van der Waals surface area contributed by atoms with Gasteiger partial charge >= 0.3 is 6.09 Å². The Morgan fingerprint density at radius 3 is 2.67 bits per heavy atom. The van der Waals surface area contributed by atoms with E-state index < -0.39 is 5.60 Å². The van der Waals surface area contributed by atoms with Gasteiger partial charge in [0.25, 0.3) is 5.91 Å². The van der Waals surface area contributed by atoms with Gasteiger partial charge in [0.2, 0.25) is 0 Å². The fourth-order valence-electron chi connectivity index (χ4n) is 2.92. The second kappa shape index (κ2) is 7.55. The van der Waals surface area contributed by atoms with Crippen molar-refractivity contribution >= 4 is 23.3 Å². The van der Waals surface area contributed by atoms with Crippen LogP contribution >= 0.6 is 11.3 Å². The van der Waals surface area contributed by atoms with Crippen LogP contribution in [0, 0.1) is 6.92 Å². The molecule has 0 radical (unpaired) electrons. The number of likely N-dealkylation sites (tertiary alicyclic amines) is 1. The lowest BCUT2D eigenvalue weighted by Crippen LogP contribution is -2.51. The maximum atomic E-state index is 12.6. The summed E-state index contributed by atoms with van der Waals surface area (Å²) in [4.78, 5) is 29.4. The second-order valence-corrected chi connectivity index (χ2v) is 8.36. The largest absolute Gasteiger partial charge is 0.444 e. The van der Waals surface area contributed by atoms with Crippen LogP contribution in [-0.2, 0) is 4.74 Å². The number of nitrogens with zero attached hydrogens (tertiary/aromatic N) is 2. The second-order valence-electron chi connectivity index (χ2n) is 7.44. The molecule has 1 fully saturated rings. The average molecular weight is 353 g/mol. The van der Waals surface area contributed by atoms with Crippen molar-refractivity contribution in [3.05, 3.63) is 21.9 Å². The van der Waals surface area contributed by atoms with Gasteiger partial charge in [-0.05, 0) is 64.0 Å². The van der Waals surface area contributed by atoms with E-state index in [4.69, 9.17) is 4.74 Å². The van der Waals surface area contributed by atoms with Gasteiger partial charge in [0.1, 0.15) is 5.60 Å². The van der Waals surface area contributed by atoms with Gasteiger partial charge in [-0.2, -0.15) is 0 Å². The Kier molecular flexibility index (Phi) is 5.91. The molecular weight excluding hydrogens is 324 g/mol. The summed E-state index contributed by atoms with van der Waals surface area (Å²) in [6.07, 6.45) is 2.68. The number of ether oxygens (including phenoxy) is 1. The van der Waals surface area contributed by atoms with E-state index in [0.717, 1.165) is 29.7 Å². The highest BCUT2D eigenvalue weighted by molar-refractivity contribution is 7.12. The Labute approximate surface area is 148 Å². The Bertz CT molecular complexity index is 591. The van der Waals surface area contributed by atoms with Crippen LogP contribution in [0.2, 0.25) is 0 Å². The lowest BCUT2D eigenvalue weighted by molar-refractivity contribution is 0.00606. The number of hydrogen-bond acceptors (Lipinski definition) is 4. The van der Waals surface area contributed by atoms with Crippen LogP contribution in [0.3, 0.4) is 0 Å². The van der Waals surface area contributed by atoms with Gasteiger partial charge in [0, 0.05) is 20.1 Å². The molecule has 1 atom stereocenters. The SMILES string of the molecule is Cc1ccsc1C(=O)N(C)CC1CCCCN1C(=O)OC(C)(C)C. The van der Waals surface area contributed by atoms with E-state index in [1.165, 1.54) is 11.3 Å². The summed E-state index contributed by atoms with van der Waals surface area (Å²) in [5.74, 6) is 0.0252. The van der Waals surface area contributed by atoms with E-state index in [2.05, 4.69) is 0 Å². The summed E-state index contributed by atoms with van der Waals surface area (Å²) in [5.41, 5.74) is 0.499. The monoisotopic (exact) mass is 352 g/mol. The molecule has 24 heavy (non-hydrogen) atoms. The summed E-state index contributed by atoms with van der Waals surface area (Å²) in [6.45, 7) is 8.80. The van der Waals surface area contributed by atoms with E-state index in [9.17, 15) is 9.59 Å².